The Morgan fingerprint density at radius 2 is 1.81 bits per heavy atom. The molecule has 3 heteroatoms. The Balaban J connectivity index is 1.90. The quantitative estimate of drug-likeness (QED) is 0.549. The van der Waals surface area contributed by atoms with Crippen molar-refractivity contribution < 1.29 is 13.5 Å². The number of alkyl halides is 2. The zero-order valence-corrected chi connectivity index (χ0v) is 12.9. The summed E-state index contributed by atoms with van der Waals surface area (Å²) in [4.78, 5) is 0. The van der Waals surface area contributed by atoms with E-state index in [1.54, 1.807) is 12.1 Å². The molecule has 0 N–H and O–H groups in total. The minimum Gasteiger partial charge on any atom is -0.435 e. The maximum absolute atomic E-state index is 12.5. The van der Waals surface area contributed by atoms with Gasteiger partial charge in [0.05, 0.1) is 0 Å². The van der Waals surface area contributed by atoms with Crippen LogP contribution in [-0.4, -0.2) is 6.61 Å². The Bertz CT molecular complexity index is 411. The molecular weight excluding hydrogens is 270 g/mol. The molecule has 0 amide bonds. The van der Waals surface area contributed by atoms with Gasteiger partial charge in [-0.15, -0.1) is 0 Å². The van der Waals surface area contributed by atoms with Crippen molar-refractivity contribution in [3.05, 3.63) is 29.8 Å². The molecule has 1 fully saturated rings. The summed E-state index contributed by atoms with van der Waals surface area (Å²) >= 11 is 0. The van der Waals surface area contributed by atoms with E-state index in [0.717, 1.165) is 24.3 Å². The van der Waals surface area contributed by atoms with Gasteiger partial charge in [0.1, 0.15) is 5.75 Å². The Hall–Kier alpha value is -1.12. The van der Waals surface area contributed by atoms with Crippen LogP contribution in [0.3, 0.4) is 0 Å². The van der Waals surface area contributed by atoms with E-state index in [9.17, 15) is 8.78 Å². The highest BCUT2D eigenvalue weighted by atomic mass is 19.3. The molecule has 0 atom stereocenters. The minimum atomic E-state index is -2.74. The van der Waals surface area contributed by atoms with Crippen LogP contribution < -0.4 is 4.74 Å². The summed E-state index contributed by atoms with van der Waals surface area (Å²) in [6, 6.07) is 7.28. The molecule has 0 saturated heterocycles. The summed E-state index contributed by atoms with van der Waals surface area (Å²) in [5, 5.41) is 0. The van der Waals surface area contributed by atoms with Gasteiger partial charge in [-0.2, -0.15) is 8.78 Å². The van der Waals surface area contributed by atoms with E-state index in [4.69, 9.17) is 0 Å². The summed E-state index contributed by atoms with van der Waals surface area (Å²) in [6.07, 6.45) is 9.89. The second kappa shape index (κ2) is 8.35. The Morgan fingerprint density at radius 1 is 1.10 bits per heavy atom. The summed E-state index contributed by atoms with van der Waals surface area (Å²) in [6.45, 7) is -0.506. The number of para-hydroxylation sites is 1. The molecular formula is C18H26F2O. The number of benzene rings is 1. The van der Waals surface area contributed by atoms with Crippen LogP contribution in [0.25, 0.3) is 0 Å². The highest BCUT2D eigenvalue weighted by Gasteiger charge is 2.24. The highest BCUT2D eigenvalue weighted by molar-refractivity contribution is 5.36. The van der Waals surface area contributed by atoms with Gasteiger partial charge in [0, 0.05) is 0 Å². The molecule has 1 saturated carbocycles. The second-order valence-electron chi connectivity index (χ2n) is 6.13. The number of hydrogen-bond acceptors (Lipinski definition) is 1. The predicted octanol–water partition coefficient (Wildman–Crippen LogP) is 6.14. The molecule has 1 aliphatic carbocycles. The van der Waals surface area contributed by atoms with Gasteiger partial charge in [0.2, 0.25) is 0 Å². The van der Waals surface area contributed by atoms with E-state index >= 15 is 0 Å². The van der Waals surface area contributed by atoms with Crippen LogP contribution in [0.15, 0.2) is 24.3 Å². The van der Waals surface area contributed by atoms with E-state index in [0.29, 0.717) is 11.7 Å². The fourth-order valence-electron chi connectivity index (χ4n) is 3.47. The largest absolute Gasteiger partial charge is 0.435 e. The van der Waals surface area contributed by atoms with Crippen molar-refractivity contribution in [3.8, 4) is 5.75 Å². The van der Waals surface area contributed by atoms with E-state index in [-0.39, 0.29) is 0 Å². The molecule has 0 heterocycles. The van der Waals surface area contributed by atoms with Crippen LogP contribution in [0.1, 0.15) is 69.8 Å². The SMILES string of the molecule is CCCCCC1CCC(c2ccccc2OC(F)F)CC1. The number of hydrogen-bond donors (Lipinski definition) is 0. The Labute approximate surface area is 126 Å². The summed E-state index contributed by atoms with van der Waals surface area (Å²) in [5.41, 5.74) is 0.963. The van der Waals surface area contributed by atoms with Crippen LogP contribution in [-0.2, 0) is 0 Å². The lowest BCUT2D eigenvalue weighted by atomic mass is 9.77. The van der Waals surface area contributed by atoms with Crippen molar-refractivity contribution in [2.24, 2.45) is 5.92 Å². The average molecular weight is 296 g/mol. The van der Waals surface area contributed by atoms with Crippen LogP contribution in [0.5, 0.6) is 5.75 Å². The van der Waals surface area contributed by atoms with Crippen LogP contribution >= 0.6 is 0 Å². The number of rotatable bonds is 7. The number of ether oxygens (including phenoxy) is 1. The summed E-state index contributed by atoms with van der Waals surface area (Å²) in [7, 11) is 0. The third-order valence-corrected chi connectivity index (χ3v) is 4.64. The molecule has 118 valence electrons. The van der Waals surface area contributed by atoms with Gasteiger partial charge < -0.3 is 4.74 Å². The average Bonchev–Trinajstić information content (AvgIpc) is 2.48. The van der Waals surface area contributed by atoms with Crippen molar-refractivity contribution in [1.82, 2.24) is 0 Å². The standard InChI is InChI=1S/C18H26F2O/c1-2-3-4-7-14-10-12-15(13-11-14)16-8-5-6-9-17(16)21-18(19)20/h5-6,8-9,14-15,18H,2-4,7,10-13H2,1H3. The lowest BCUT2D eigenvalue weighted by Crippen LogP contribution is -2.15. The third kappa shape index (κ3) is 4.98. The van der Waals surface area contributed by atoms with Gasteiger partial charge in [-0.1, -0.05) is 50.8 Å². The first-order valence-corrected chi connectivity index (χ1v) is 8.24. The zero-order chi connectivity index (χ0) is 15.1. The topological polar surface area (TPSA) is 9.23 Å². The van der Waals surface area contributed by atoms with E-state index in [1.807, 2.05) is 12.1 Å². The molecule has 1 aromatic carbocycles. The first-order chi connectivity index (χ1) is 10.2. The first kappa shape index (κ1) is 16.3. The maximum atomic E-state index is 12.5. The minimum absolute atomic E-state index is 0.363. The Morgan fingerprint density at radius 3 is 2.48 bits per heavy atom. The van der Waals surface area contributed by atoms with E-state index in [2.05, 4.69) is 11.7 Å². The van der Waals surface area contributed by atoms with Crippen molar-refractivity contribution >= 4 is 0 Å². The van der Waals surface area contributed by atoms with Gasteiger partial charge in [0.25, 0.3) is 0 Å². The van der Waals surface area contributed by atoms with Crippen molar-refractivity contribution in [2.75, 3.05) is 0 Å². The predicted molar refractivity (Wildman–Crippen MR) is 81.9 cm³/mol. The van der Waals surface area contributed by atoms with Crippen molar-refractivity contribution in [2.45, 2.75) is 70.8 Å². The summed E-state index contributed by atoms with van der Waals surface area (Å²) < 4.78 is 29.6. The molecule has 0 spiro atoms. The van der Waals surface area contributed by atoms with Crippen LogP contribution in [0.2, 0.25) is 0 Å². The van der Waals surface area contributed by atoms with E-state index in [1.165, 1.54) is 38.5 Å². The fourth-order valence-corrected chi connectivity index (χ4v) is 3.47. The molecule has 0 radical (unpaired) electrons. The molecule has 0 aromatic heterocycles. The third-order valence-electron chi connectivity index (χ3n) is 4.64. The fraction of sp³-hybridized carbons (Fsp3) is 0.667. The zero-order valence-electron chi connectivity index (χ0n) is 12.9. The number of unbranched alkanes of at least 4 members (excludes halogenated alkanes) is 2. The summed E-state index contributed by atoms with van der Waals surface area (Å²) in [5.74, 6) is 1.57. The molecule has 2 rings (SSSR count). The Kier molecular flexibility index (Phi) is 6.47. The first-order valence-electron chi connectivity index (χ1n) is 8.24. The normalized spacial score (nSPS) is 22.5. The molecule has 1 aromatic rings. The molecule has 0 aliphatic heterocycles. The monoisotopic (exact) mass is 296 g/mol. The van der Waals surface area contributed by atoms with Crippen LogP contribution in [0, 0.1) is 5.92 Å². The lowest BCUT2D eigenvalue weighted by molar-refractivity contribution is -0.0507. The van der Waals surface area contributed by atoms with Crippen LogP contribution in [0.4, 0.5) is 8.78 Å². The second-order valence-corrected chi connectivity index (χ2v) is 6.13. The smallest absolute Gasteiger partial charge is 0.387 e. The lowest BCUT2D eigenvalue weighted by Gasteiger charge is -2.29. The molecule has 0 unspecified atom stereocenters. The van der Waals surface area contributed by atoms with Gasteiger partial charge in [-0.3, -0.25) is 0 Å². The number of halogens is 2. The van der Waals surface area contributed by atoms with Gasteiger partial charge in [-0.05, 0) is 49.1 Å². The maximum Gasteiger partial charge on any atom is 0.387 e. The van der Waals surface area contributed by atoms with Gasteiger partial charge in [-0.25, -0.2) is 0 Å². The van der Waals surface area contributed by atoms with Crippen molar-refractivity contribution in [1.29, 1.82) is 0 Å². The molecule has 0 bridgehead atoms. The van der Waals surface area contributed by atoms with Crippen molar-refractivity contribution in [3.63, 3.8) is 0 Å². The molecule has 1 nitrogen and oxygen atoms in total. The highest BCUT2D eigenvalue weighted by Crippen LogP contribution is 2.41. The van der Waals surface area contributed by atoms with Gasteiger partial charge in [0.15, 0.2) is 0 Å². The molecule has 21 heavy (non-hydrogen) atoms. The van der Waals surface area contributed by atoms with E-state index < -0.39 is 6.61 Å². The van der Waals surface area contributed by atoms with Gasteiger partial charge >= 0.3 is 6.61 Å². The molecule has 1 aliphatic rings.